The fourth-order valence-corrected chi connectivity index (χ4v) is 3.59. The van der Waals surface area contributed by atoms with Crippen LogP contribution in [0.2, 0.25) is 0 Å². The van der Waals surface area contributed by atoms with E-state index in [4.69, 9.17) is 4.98 Å². The molecule has 3 heteroatoms. The molecule has 1 amide bonds. The zero-order valence-corrected chi connectivity index (χ0v) is 13.8. The van der Waals surface area contributed by atoms with Gasteiger partial charge in [-0.05, 0) is 30.0 Å². The van der Waals surface area contributed by atoms with Gasteiger partial charge in [-0.2, -0.15) is 0 Å². The molecule has 2 heterocycles. The van der Waals surface area contributed by atoms with Crippen LogP contribution in [0, 0.1) is 0 Å². The van der Waals surface area contributed by atoms with Gasteiger partial charge in [0, 0.05) is 36.7 Å². The Labute approximate surface area is 141 Å². The standard InChI is InChI=1S/C21H20N2O/c1-15(24)23-13-7-12-20-18(14-23)21(16-8-3-2-4-9-16)17-10-5-6-11-19(17)22-20/h2-6,8-11H,7,12-14H2,1H3. The van der Waals surface area contributed by atoms with Crippen LogP contribution in [0.3, 0.4) is 0 Å². The highest BCUT2D eigenvalue weighted by atomic mass is 16.2. The van der Waals surface area contributed by atoms with Crippen molar-refractivity contribution in [2.75, 3.05) is 6.54 Å². The molecule has 0 saturated heterocycles. The number of amides is 1. The fraction of sp³-hybridized carbons (Fsp3) is 0.238. The second-order valence-corrected chi connectivity index (χ2v) is 6.34. The molecule has 0 fully saturated rings. The Morgan fingerprint density at radius 2 is 1.79 bits per heavy atom. The monoisotopic (exact) mass is 316 g/mol. The summed E-state index contributed by atoms with van der Waals surface area (Å²) in [6, 6.07) is 18.8. The van der Waals surface area contributed by atoms with Crippen molar-refractivity contribution in [1.29, 1.82) is 0 Å². The molecule has 2 aromatic carbocycles. The highest BCUT2D eigenvalue weighted by molar-refractivity contribution is 5.96. The molecule has 0 aliphatic carbocycles. The molecule has 0 radical (unpaired) electrons. The second-order valence-electron chi connectivity index (χ2n) is 6.34. The largest absolute Gasteiger partial charge is 0.339 e. The summed E-state index contributed by atoms with van der Waals surface area (Å²) >= 11 is 0. The SMILES string of the molecule is CC(=O)N1CCCc2nc3ccccc3c(-c3ccccc3)c2C1. The van der Waals surface area contributed by atoms with Crippen molar-refractivity contribution in [3.63, 3.8) is 0 Å². The summed E-state index contributed by atoms with van der Waals surface area (Å²) < 4.78 is 0. The summed E-state index contributed by atoms with van der Waals surface area (Å²) in [6.07, 6.45) is 1.88. The predicted octanol–water partition coefficient (Wildman–Crippen LogP) is 4.20. The summed E-state index contributed by atoms with van der Waals surface area (Å²) in [5, 5.41) is 1.16. The summed E-state index contributed by atoms with van der Waals surface area (Å²) in [5.41, 5.74) is 5.79. The van der Waals surface area contributed by atoms with E-state index in [9.17, 15) is 4.79 Å². The molecule has 0 atom stereocenters. The van der Waals surface area contributed by atoms with Crippen molar-refractivity contribution in [2.24, 2.45) is 0 Å². The Morgan fingerprint density at radius 1 is 1.04 bits per heavy atom. The molecule has 1 aromatic heterocycles. The average molecular weight is 316 g/mol. The Morgan fingerprint density at radius 3 is 2.58 bits per heavy atom. The Bertz CT molecular complexity index is 902. The first-order chi connectivity index (χ1) is 11.7. The maximum atomic E-state index is 12.0. The van der Waals surface area contributed by atoms with Gasteiger partial charge in [0.15, 0.2) is 0 Å². The van der Waals surface area contributed by atoms with E-state index in [2.05, 4.69) is 42.5 Å². The third-order valence-corrected chi connectivity index (χ3v) is 4.78. The number of fused-ring (bicyclic) bond motifs is 2. The third-order valence-electron chi connectivity index (χ3n) is 4.78. The minimum atomic E-state index is 0.134. The van der Waals surface area contributed by atoms with Gasteiger partial charge in [0.2, 0.25) is 5.91 Å². The first-order valence-corrected chi connectivity index (χ1v) is 8.45. The summed E-state index contributed by atoms with van der Waals surface area (Å²) in [6.45, 7) is 3.10. The van der Waals surface area contributed by atoms with Crippen molar-refractivity contribution in [3.05, 3.63) is 65.9 Å². The Balaban J connectivity index is 2.02. The Kier molecular flexibility index (Phi) is 3.77. The maximum absolute atomic E-state index is 12.0. The van der Waals surface area contributed by atoms with Crippen LogP contribution in [0.4, 0.5) is 0 Å². The van der Waals surface area contributed by atoms with Crippen molar-refractivity contribution >= 4 is 16.8 Å². The van der Waals surface area contributed by atoms with E-state index < -0.39 is 0 Å². The predicted molar refractivity (Wildman–Crippen MR) is 96.6 cm³/mol. The molecule has 0 N–H and O–H groups in total. The van der Waals surface area contributed by atoms with E-state index in [1.807, 2.05) is 17.0 Å². The topological polar surface area (TPSA) is 33.2 Å². The molecule has 0 unspecified atom stereocenters. The van der Waals surface area contributed by atoms with Gasteiger partial charge in [-0.1, -0.05) is 48.5 Å². The summed E-state index contributed by atoms with van der Waals surface area (Å²) in [7, 11) is 0. The van der Waals surface area contributed by atoms with Gasteiger partial charge >= 0.3 is 0 Å². The van der Waals surface area contributed by atoms with Crippen molar-refractivity contribution < 1.29 is 4.79 Å². The molecule has 0 saturated carbocycles. The lowest BCUT2D eigenvalue weighted by molar-refractivity contribution is -0.129. The van der Waals surface area contributed by atoms with E-state index in [0.29, 0.717) is 6.54 Å². The first kappa shape index (κ1) is 14.9. The number of aryl methyl sites for hydroxylation is 1. The molecule has 0 spiro atoms. The number of para-hydroxylation sites is 1. The van der Waals surface area contributed by atoms with Crippen LogP contribution in [0.25, 0.3) is 22.0 Å². The maximum Gasteiger partial charge on any atom is 0.219 e. The van der Waals surface area contributed by atoms with Crippen molar-refractivity contribution in [3.8, 4) is 11.1 Å². The van der Waals surface area contributed by atoms with E-state index >= 15 is 0 Å². The molecule has 3 aromatic rings. The van der Waals surface area contributed by atoms with Gasteiger partial charge in [-0.3, -0.25) is 9.78 Å². The van der Waals surface area contributed by atoms with Crippen LogP contribution >= 0.6 is 0 Å². The summed E-state index contributed by atoms with van der Waals surface area (Å²) in [5.74, 6) is 0.134. The van der Waals surface area contributed by atoms with E-state index in [0.717, 1.165) is 36.0 Å². The molecule has 120 valence electrons. The lowest BCUT2D eigenvalue weighted by Crippen LogP contribution is -2.28. The van der Waals surface area contributed by atoms with Crippen molar-refractivity contribution in [1.82, 2.24) is 9.88 Å². The fourth-order valence-electron chi connectivity index (χ4n) is 3.59. The zero-order valence-electron chi connectivity index (χ0n) is 13.8. The van der Waals surface area contributed by atoms with Crippen LogP contribution in [0.1, 0.15) is 24.6 Å². The molecule has 24 heavy (non-hydrogen) atoms. The molecule has 0 bridgehead atoms. The number of nitrogens with zero attached hydrogens (tertiary/aromatic N) is 2. The van der Waals surface area contributed by atoms with Crippen LogP contribution in [0.5, 0.6) is 0 Å². The highest BCUT2D eigenvalue weighted by Crippen LogP contribution is 2.35. The van der Waals surface area contributed by atoms with Crippen LogP contribution in [0.15, 0.2) is 54.6 Å². The van der Waals surface area contributed by atoms with E-state index in [1.54, 1.807) is 6.92 Å². The number of carbonyl (C=O) groups excluding carboxylic acids is 1. The molecule has 3 nitrogen and oxygen atoms in total. The number of hydrogen-bond donors (Lipinski definition) is 0. The van der Waals surface area contributed by atoms with Crippen LogP contribution in [-0.2, 0) is 17.8 Å². The number of rotatable bonds is 1. The second kappa shape index (κ2) is 6.08. The number of carbonyl (C=O) groups is 1. The number of hydrogen-bond acceptors (Lipinski definition) is 2. The van der Waals surface area contributed by atoms with E-state index in [-0.39, 0.29) is 5.91 Å². The average Bonchev–Trinajstić information content (AvgIpc) is 2.82. The molecular formula is C21H20N2O. The Hall–Kier alpha value is -2.68. The minimum Gasteiger partial charge on any atom is -0.339 e. The number of aromatic nitrogens is 1. The van der Waals surface area contributed by atoms with Gasteiger partial charge in [-0.15, -0.1) is 0 Å². The lowest BCUT2D eigenvalue weighted by Gasteiger charge is -2.21. The smallest absolute Gasteiger partial charge is 0.219 e. The lowest BCUT2D eigenvalue weighted by atomic mass is 9.93. The van der Waals surface area contributed by atoms with Gasteiger partial charge in [0.05, 0.1) is 5.52 Å². The highest BCUT2D eigenvalue weighted by Gasteiger charge is 2.22. The first-order valence-electron chi connectivity index (χ1n) is 8.45. The van der Waals surface area contributed by atoms with Crippen molar-refractivity contribution in [2.45, 2.75) is 26.3 Å². The normalized spacial score (nSPS) is 14.3. The van der Waals surface area contributed by atoms with Gasteiger partial charge in [0.25, 0.3) is 0 Å². The third kappa shape index (κ3) is 2.56. The molecular weight excluding hydrogens is 296 g/mol. The number of pyridine rings is 1. The number of benzene rings is 2. The summed E-state index contributed by atoms with van der Waals surface area (Å²) in [4.78, 5) is 18.8. The molecule has 1 aliphatic rings. The van der Waals surface area contributed by atoms with Crippen LogP contribution < -0.4 is 0 Å². The minimum absolute atomic E-state index is 0.134. The van der Waals surface area contributed by atoms with Gasteiger partial charge in [-0.25, -0.2) is 0 Å². The zero-order chi connectivity index (χ0) is 16.5. The quantitative estimate of drug-likeness (QED) is 0.674. The van der Waals surface area contributed by atoms with Gasteiger partial charge in [0.1, 0.15) is 0 Å². The molecule has 1 aliphatic heterocycles. The van der Waals surface area contributed by atoms with Gasteiger partial charge < -0.3 is 4.90 Å². The van der Waals surface area contributed by atoms with Crippen LogP contribution in [-0.4, -0.2) is 22.3 Å². The molecule has 4 rings (SSSR count). The van der Waals surface area contributed by atoms with E-state index in [1.165, 1.54) is 16.7 Å².